The molecule has 2 heterocycles. The summed E-state index contributed by atoms with van der Waals surface area (Å²) in [6.45, 7) is 0. The van der Waals surface area contributed by atoms with Gasteiger partial charge in [0.25, 0.3) is 5.91 Å². The van der Waals surface area contributed by atoms with Gasteiger partial charge in [-0.25, -0.2) is 4.98 Å². The third kappa shape index (κ3) is 3.15. The number of hydrogen-bond donors (Lipinski definition) is 1. The van der Waals surface area contributed by atoms with Crippen molar-refractivity contribution in [3.63, 3.8) is 0 Å². The van der Waals surface area contributed by atoms with E-state index in [0.717, 1.165) is 16.9 Å². The van der Waals surface area contributed by atoms with E-state index >= 15 is 0 Å². The highest BCUT2D eigenvalue weighted by Gasteiger charge is 2.09. The number of rotatable bonds is 4. The van der Waals surface area contributed by atoms with Crippen molar-refractivity contribution < 1.29 is 9.53 Å². The van der Waals surface area contributed by atoms with Crippen LogP contribution in [0.3, 0.4) is 0 Å². The molecule has 0 unspecified atom stereocenters. The van der Waals surface area contributed by atoms with Gasteiger partial charge < -0.3 is 14.5 Å². The fourth-order valence-electron chi connectivity index (χ4n) is 2.80. The minimum atomic E-state index is -0.184. The van der Waals surface area contributed by atoms with Crippen LogP contribution in [-0.4, -0.2) is 22.4 Å². The molecule has 0 bridgehead atoms. The Morgan fingerprint density at radius 3 is 2.77 bits per heavy atom. The fourth-order valence-corrected chi connectivity index (χ4v) is 2.80. The number of hydrogen-bond acceptors (Lipinski definition) is 3. The number of amides is 1. The number of fused-ring (bicyclic) bond motifs is 1. The molecule has 0 fully saturated rings. The summed E-state index contributed by atoms with van der Waals surface area (Å²) in [5, 5.41) is 2.92. The summed E-state index contributed by atoms with van der Waals surface area (Å²) in [5.41, 5.74) is 3.94. The Bertz CT molecular complexity index is 1050. The SMILES string of the molecule is COc1cccc(C(=O)Nc2cccc(-c3cn4ccccc4n3)c2)c1. The zero-order chi connectivity index (χ0) is 17.9. The summed E-state index contributed by atoms with van der Waals surface area (Å²) < 4.78 is 7.14. The maximum atomic E-state index is 12.5. The largest absolute Gasteiger partial charge is 0.497 e. The van der Waals surface area contributed by atoms with E-state index in [1.54, 1.807) is 31.4 Å². The standard InChI is InChI=1S/C21H17N3O2/c1-26-18-9-5-7-16(13-18)21(25)22-17-8-4-6-15(12-17)19-14-24-11-3-2-10-20(24)23-19/h2-14H,1H3,(H,22,25). The van der Waals surface area contributed by atoms with Crippen LogP contribution in [0.25, 0.3) is 16.9 Å². The molecule has 128 valence electrons. The molecule has 0 aliphatic rings. The molecule has 5 heteroatoms. The molecule has 0 saturated carbocycles. The lowest BCUT2D eigenvalue weighted by atomic mass is 10.1. The molecule has 4 aromatic rings. The number of methoxy groups -OCH3 is 1. The van der Waals surface area contributed by atoms with Gasteiger partial charge in [-0.15, -0.1) is 0 Å². The van der Waals surface area contributed by atoms with Crippen molar-refractivity contribution in [2.45, 2.75) is 0 Å². The highest BCUT2D eigenvalue weighted by molar-refractivity contribution is 6.04. The van der Waals surface area contributed by atoms with E-state index in [0.29, 0.717) is 17.0 Å². The van der Waals surface area contributed by atoms with Crippen LogP contribution in [-0.2, 0) is 0 Å². The van der Waals surface area contributed by atoms with Crippen molar-refractivity contribution in [3.8, 4) is 17.0 Å². The first-order valence-electron chi connectivity index (χ1n) is 8.22. The number of ether oxygens (including phenoxy) is 1. The average molecular weight is 343 g/mol. The monoisotopic (exact) mass is 343 g/mol. The minimum Gasteiger partial charge on any atom is -0.497 e. The predicted molar refractivity (Wildman–Crippen MR) is 102 cm³/mol. The van der Waals surface area contributed by atoms with Crippen LogP contribution in [0, 0.1) is 0 Å². The van der Waals surface area contributed by atoms with E-state index < -0.39 is 0 Å². The molecule has 5 nitrogen and oxygen atoms in total. The lowest BCUT2D eigenvalue weighted by molar-refractivity contribution is 0.102. The first-order chi connectivity index (χ1) is 12.7. The maximum absolute atomic E-state index is 12.5. The smallest absolute Gasteiger partial charge is 0.255 e. The predicted octanol–water partition coefficient (Wildman–Crippen LogP) is 4.26. The number of carbonyl (C=O) groups excluding carboxylic acids is 1. The molecule has 0 spiro atoms. The van der Waals surface area contributed by atoms with Crippen molar-refractivity contribution in [1.29, 1.82) is 0 Å². The molecule has 0 saturated heterocycles. The van der Waals surface area contributed by atoms with E-state index in [-0.39, 0.29) is 5.91 Å². The Balaban J connectivity index is 1.60. The van der Waals surface area contributed by atoms with Crippen LogP contribution in [0.2, 0.25) is 0 Å². The molecule has 0 aliphatic carbocycles. The molecule has 4 rings (SSSR count). The Kier molecular flexibility index (Phi) is 4.11. The van der Waals surface area contributed by atoms with E-state index in [1.165, 1.54) is 0 Å². The second-order valence-corrected chi connectivity index (χ2v) is 5.86. The molecule has 1 amide bonds. The first-order valence-corrected chi connectivity index (χ1v) is 8.22. The average Bonchev–Trinajstić information content (AvgIpc) is 3.12. The molecule has 0 aliphatic heterocycles. The van der Waals surface area contributed by atoms with Crippen molar-refractivity contribution in [2.24, 2.45) is 0 Å². The first kappa shape index (κ1) is 15.9. The highest BCUT2D eigenvalue weighted by Crippen LogP contribution is 2.23. The van der Waals surface area contributed by atoms with Gasteiger partial charge in [-0.3, -0.25) is 4.79 Å². The van der Waals surface area contributed by atoms with Crippen molar-refractivity contribution in [2.75, 3.05) is 12.4 Å². The molecular formula is C21H17N3O2. The van der Waals surface area contributed by atoms with Gasteiger partial charge >= 0.3 is 0 Å². The second kappa shape index (κ2) is 6.72. The van der Waals surface area contributed by atoms with Crippen LogP contribution in [0.4, 0.5) is 5.69 Å². The van der Waals surface area contributed by atoms with Gasteiger partial charge in [0.15, 0.2) is 0 Å². The number of pyridine rings is 1. The molecule has 0 radical (unpaired) electrons. The molecule has 1 N–H and O–H groups in total. The van der Waals surface area contributed by atoms with E-state index in [1.807, 2.05) is 59.3 Å². The number of nitrogens with one attached hydrogen (secondary N) is 1. The molecule has 2 aromatic heterocycles. The number of imidazole rings is 1. The third-order valence-corrected chi connectivity index (χ3v) is 4.11. The number of nitrogens with zero attached hydrogens (tertiary/aromatic N) is 2. The number of aromatic nitrogens is 2. The van der Waals surface area contributed by atoms with Gasteiger partial charge in [0, 0.05) is 29.2 Å². The minimum absolute atomic E-state index is 0.184. The third-order valence-electron chi connectivity index (χ3n) is 4.11. The van der Waals surface area contributed by atoms with Crippen molar-refractivity contribution in [1.82, 2.24) is 9.38 Å². The van der Waals surface area contributed by atoms with Gasteiger partial charge in [0.1, 0.15) is 11.4 Å². The topological polar surface area (TPSA) is 55.6 Å². The van der Waals surface area contributed by atoms with Gasteiger partial charge in [0.2, 0.25) is 0 Å². The van der Waals surface area contributed by atoms with Gasteiger partial charge in [-0.05, 0) is 42.5 Å². The lowest BCUT2D eigenvalue weighted by Crippen LogP contribution is -2.11. The number of anilines is 1. The molecule has 0 atom stereocenters. The Hall–Kier alpha value is -3.60. The maximum Gasteiger partial charge on any atom is 0.255 e. The summed E-state index contributed by atoms with van der Waals surface area (Å²) in [6.07, 6.45) is 3.93. The Labute approximate surface area is 150 Å². The molecular weight excluding hydrogens is 326 g/mol. The Morgan fingerprint density at radius 2 is 1.92 bits per heavy atom. The summed E-state index contributed by atoms with van der Waals surface area (Å²) in [6, 6.07) is 20.6. The van der Waals surface area contributed by atoms with Crippen LogP contribution in [0.1, 0.15) is 10.4 Å². The highest BCUT2D eigenvalue weighted by atomic mass is 16.5. The molecule has 26 heavy (non-hydrogen) atoms. The lowest BCUT2D eigenvalue weighted by Gasteiger charge is -2.08. The fraction of sp³-hybridized carbons (Fsp3) is 0.0476. The van der Waals surface area contributed by atoms with Crippen LogP contribution in [0.5, 0.6) is 5.75 Å². The summed E-state index contributed by atoms with van der Waals surface area (Å²) in [4.78, 5) is 17.1. The van der Waals surface area contributed by atoms with Gasteiger partial charge in [-0.1, -0.05) is 24.3 Å². The number of carbonyl (C=O) groups is 1. The van der Waals surface area contributed by atoms with Crippen LogP contribution in [0.15, 0.2) is 79.1 Å². The van der Waals surface area contributed by atoms with E-state index in [9.17, 15) is 4.79 Å². The van der Waals surface area contributed by atoms with Gasteiger partial charge in [0.05, 0.1) is 12.8 Å². The van der Waals surface area contributed by atoms with Crippen LogP contribution >= 0.6 is 0 Å². The van der Waals surface area contributed by atoms with Crippen LogP contribution < -0.4 is 10.1 Å². The summed E-state index contributed by atoms with van der Waals surface area (Å²) in [7, 11) is 1.58. The zero-order valence-electron chi connectivity index (χ0n) is 14.2. The summed E-state index contributed by atoms with van der Waals surface area (Å²) in [5.74, 6) is 0.465. The number of benzene rings is 2. The molecule has 2 aromatic carbocycles. The Morgan fingerprint density at radius 1 is 1.04 bits per heavy atom. The van der Waals surface area contributed by atoms with E-state index in [2.05, 4.69) is 10.3 Å². The van der Waals surface area contributed by atoms with Gasteiger partial charge in [-0.2, -0.15) is 0 Å². The van der Waals surface area contributed by atoms with E-state index in [4.69, 9.17) is 4.74 Å². The van der Waals surface area contributed by atoms with Crippen molar-refractivity contribution in [3.05, 3.63) is 84.7 Å². The normalized spacial score (nSPS) is 10.7. The quantitative estimate of drug-likeness (QED) is 0.602. The van der Waals surface area contributed by atoms with Crippen molar-refractivity contribution >= 4 is 17.2 Å². The second-order valence-electron chi connectivity index (χ2n) is 5.86. The summed E-state index contributed by atoms with van der Waals surface area (Å²) >= 11 is 0. The zero-order valence-corrected chi connectivity index (χ0v) is 14.2.